The van der Waals surface area contributed by atoms with Gasteiger partial charge in [-0.15, -0.1) is 0 Å². The van der Waals surface area contributed by atoms with Crippen molar-refractivity contribution in [2.75, 3.05) is 19.6 Å². The van der Waals surface area contributed by atoms with Crippen molar-refractivity contribution >= 4 is 22.0 Å². The van der Waals surface area contributed by atoms with Crippen LogP contribution in [0.3, 0.4) is 0 Å². The van der Waals surface area contributed by atoms with Gasteiger partial charge < -0.3 is 0 Å². The van der Waals surface area contributed by atoms with Crippen molar-refractivity contribution in [2.45, 2.75) is 26.7 Å². The molecule has 0 fully saturated rings. The average Bonchev–Trinajstić information content (AvgIpc) is 2.32. The number of hydrogen-bond acceptors (Lipinski definition) is 1. The molecule has 17 heavy (non-hydrogen) atoms. The third-order valence-corrected chi connectivity index (χ3v) is 3.15. The highest BCUT2D eigenvalue weighted by atomic mass is 79.9. The van der Waals surface area contributed by atoms with Gasteiger partial charge in [-0.25, -0.2) is 0 Å². The Labute approximate surface area is 114 Å². The van der Waals surface area contributed by atoms with Gasteiger partial charge in [-0.1, -0.05) is 54.1 Å². The molecule has 1 rings (SSSR count). The van der Waals surface area contributed by atoms with E-state index in [4.69, 9.17) is 0 Å². The van der Waals surface area contributed by atoms with E-state index in [1.807, 2.05) is 0 Å². The molecule has 1 aromatic rings. The molecule has 0 radical (unpaired) electrons. The van der Waals surface area contributed by atoms with Crippen LogP contribution in [0.5, 0.6) is 0 Å². The van der Waals surface area contributed by atoms with Crippen LogP contribution in [0.1, 0.15) is 32.3 Å². The monoisotopic (exact) mass is 295 g/mol. The summed E-state index contributed by atoms with van der Waals surface area (Å²) in [6, 6.07) is 8.42. The summed E-state index contributed by atoms with van der Waals surface area (Å²) >= 11 is 3.45. The molecule has 1 nitrogen and oxygen atoms in total. The van der Waals surface area contributed by atoms with E-state index in [2.05, 4.69) is 71.1 Å². The van der Waals surface area contributed by atoms with Gasteiger partial charge in [0.2, 0.25) is 0 Å². The Balaban J connectivity index is 2.44. The van der Waals surface area contributed by atoms with Crippen LogP contribution in [0.2, 0.25) is 0 Å². The number of hydrogen-bond donors (Lipinski definition) is 0. The molecule has 0 saturated carbocycles. The Morgan fingerprint density at radius 2 is 1.65 bits per heavy atom. The lowest BCUT2D eigenvalue weighted by atomic mass is 10.2. The molecule has 1 aromatic carbocycles. The minimum atomic E-state index is 1.05. The maximum atomic E-state index is 3.45. The first kappa shape index (κ1) is 14.5. The zero-order valence-electron chi connectivity index (χ0n) is 10.8. The van der Waals surface area contributed by atoms with Crippen LogP contribution in [0.25, 0.3) is 6.08 Å². The molecule has 0 amide bonds. The van der Waals surface area contributed by atoms with Crippen molar-refractivity contribution < 1.29 is 0 Å². The zero-order chi connectivity index (χ0) is 12.5. The van der Waals surface area contributed by atoms with Crippen molar-refractivity contribution in [3.63, 3.8) is 0 Å². The lowest BCUT2D eigenvalue weighted by Crippen LogP contribution is -2.25. The van der Waals surface area contributed by atoms with Crippen molar-refractivity contribution in [3.05, 3.63) is 40.4 Å². The molecular formula is C15H22BrN. The lowest BCUT2D eigenvalue weighted by molar-refractivity contribution is 0.304. The van der Waals surface area contributed by atoms with Crippen molar-refractivity contribution in [1.29, 1.82) is 0 Å². The Kier molecular flexibility index (Phi) is 7.22. The maximum Gasteiger partial charge on any atom is 0.0175 e. The van der Waals surface area contributed by atoms with Crippen LogP contribution in [0.4, 0.5) is 0 Å². The predicted molar refractivity (Wildman–Crippen MR) is 80.2 cm³/mol. The van der Waals surface area contributed by atoms with Crippen LogP contribution in [0.15, 0.2) is 34.8 Å². The van der Waals surface area contributed by atoms with Crippen molar-refractivity contribution in [2.24, 2.45) is 0 Å². The second-order valence-corrected chi connectivity index (χ2v) is 5.17. The van der Waals surface area contributed by atoms with Gasteiger partial charge in [0.15, 0.2) is 0 Å². The summed E-state index contributed by atoms with van der Waals surface area (Å²) < 4.78 is 1.13. The minimum Gasteiger partial charge on any atom is -0.300 e. The molecule has 0 bridgehead atoms. The standard InChI is InChI=1S/C15H22BrN/c1-3-11-17(12-4-2)13-5-6-14-7-9-15(16)10-8-14/h5-10H,3-4,11-13H2,1-2H3/b6-5+. The van der Waals surface area contributed by atoms with E-state index in [0.29, 0.717) is 0 Å². The van der Waals surface area contributed by atoms with E-state index in [1.54, 1.807) is 0 Å². The highest BCUT2D eigenvalue weighted by Gasteiger charge is 1.98. The van der Waals surface area contributed by atoms with E-state index in [1.165, 1.54) is 31.5 Å². The average molecular weight is 296 g/mol. The molecule has 0 atom stereocenters. The van der Waals surface area contributed by atoms with Crippen LogP contribution in [-0.2, 0) is 0 Å². The normalized spacial score (nSPS) is 11.5. The van der Waals surface area contributed by atoms with E-state index in [-0.39, 0.29) is 0 Å². The van der Waals surface area contributed by atoms with Gasteiger partial charge in [0.1, 0.15) is 0 Å². The van der Waals surface area contributed by atoms with Crippen LogP contribution >= 0.6 is 15.9 Å². The quantitative estimate of drug-likeness (QED) is 0.711. The Bertz CT molecular complexity index is 323. The second-order valence-electron chi connectivity index (χ2n) is 4.25. The highest BCUT2D eigenvalue weighted by Crippen LogP contribution is 2.11. The maximum absolute atomic E-state index is 3.45. The van der Waals surface area contributed by atoms with E-state index in [0.717, 1.165) is 11.0 Å². The SMILES string of the molecule is CCCN(C/C=C/c1ccc(Br)cc1)CCC. The predicted octanol–water partition coefficient (Wildman–Crippen LogP) is 4.58. The van der Waals surface area contributed by atoms with Gasteiger partial charge in [-0.2, -0.15) is 0 Å². The first-order valence-corrected chi connectivity index (χ1v) is 7.20. The molecule has 0 aliphatic rings. The fourth-order valence-electron chi connectivity index (χ4n) is 1.84. The molecule has 2 heteroatoms. The second kappa shape index (κ2) is 8.48. The van der Waals surface area contributed by atoms with Crippen molar-refractivity contribution in [3.8, 4) is 0 Å². The topological polar surface area (TPSA) is 3.24 Å². The van der Waals surface area contributed by atoms with E-state index >= 15 is 0 Å². The molecule has 0 aromatic heterocycles. The fraction of sp³-hybridized carbons (Fsp3) is 0.467. The zero-order valence-corrected chi connectivity index (χ0v) is 12.4. The van der Waals surface area contributed by atoms with Gasteiger partial charge >= 0.3 is 0 Å². The Morgan fingerprint density at radius 1 is 1.06 bits per heavy atom. The minimum absolute atomic E-state index is 1.05. The van der Waals surface area contributed by atoms with Crippen LogP contribution < -0.4 is 0 Å². The molecule has 0 aliphatic carbocycles. The summed E-state index contributed by atoms with van der Waals surface area (Å²) in [5.74, 6) is 0. The summed E-state index contributed by atoms with van der Waals surface area (Å²) in [7, 11) is 0. The third-order valence-electron chi connectivity index (χ3n) is 2.62. The molecule has 0 unspecified atom stereocenters. The summed E-state index contributed by atoms with van der Waals surface area (Å²) in [6.45, 7) is 7.91. The van der Waals surface area contributed by atoms with Gasteiger partial charge in [-0.3, -0.25) is 4.90 Å². The molecule has 0 spiro atoms. The third kappa shape index (κ3) is 6.04. The van der Waals surface area contributed by atoms with E-state index in [9.17, 15) is 0 Å². The lowest BCUT2D eigenvalue weighted by Gasteiger charge is -2.18. The first-order valence-electron chi connectivity index (χ1n) is 6.40. The van der Waals surface area contributed by atoms with Crippen LogP contribution in [-0.4, -0.2) is 24.5 Å². The Hall–Kier alpha value is -0.600. The van der Waals surface area contributed by atoms with Gasteiger partial charge in [0.05, 0.1) is 0 Å². The fourth-order valence-corrected chi connectivity index (χ4v) is 2.10. The highest BCUT2D eigenvalue weighted by molar-refractivity contribution is 9.10. The summed E-state index contributed by atoms with van der Waals surface area (Å²) in [6.07, 6.45) is 6.91. The van der Waals surface area contributed by atoms with Gasteiger partial charge in [0.25, 0.3) is 0 Å². The summed E-state index contributed by atoms with van der Waals surface area (Å²) in [4.78, 5) is 2.50. The molecule has 0 N–H and O–H groups in total. The largest absolute Gasteiger partial charge is 0.300 e. The number of halogens is 1. The van der Waals surface area contributed by atoms with Crippen LogP contribution in [0, 0.1) is 0 Å². The van der Waals surface area contributed by atoms with Crippen molar-refractivity contribution in [1.82, 2.24) is 4.90 Å². The number of benzene rings is 1. The number of nitrogens with zero attached hydrogens (tertiary/aromatic N) is 1. The number of rotatable bonds is 7. The molecule has 0 saturated heterocycles. The molecule has 0 heterocycles. The molecule has 0 aliphatic heterocycles. The summed E-state index contributed by atoms with van der Waals surface area (Å²) in [5, 5.41) is 0. The summed E-state index contributed by atoms with van der Waals surface area (Å²) in [5.41, 5.74) is 1.26. The molecule has 94 valence electrons. The van der Waals surface area contributed by atoms with E-state index < -0.39 is 0 Å². The molecular weight excluding hydrogens is 274 g/mol. The van der Waals surface area contributed by atoms with Gasteiger partial charge in [0, 0.05) is 11.0 Å². The Morgan fingerprint density at radius 3 is 2.18 bits per heavy atom. The smallest absolute Gasteiger partial charge is 0.0175 e. The first-order chi connectivity index (χ1) is 8.26. The van der Waals surface area contributed by atoms with Gasteiger partial charge in [-0.05, 0) is 43.6 Å².